The first-order valence-electron chi connectivity index (χ1n) is 8.57. The maximum absolute atomic E-state index is 5.73. The van der Waals surface area contributed by atoms with Crippen molar-refractivity contribution in [1.82, 2.24) is 10.2 Å². The fraction of sp³-hybridized carbons (Fsp3) is 0.400. The lowest BCUT2D eigenvalue weighted by atomic mass is 9.92. The zero-order valence-electron chi connectivity index (χ0n) is 15.0. The van der Waals surface area contributed by atoms with Crippen LogP contribution in [-0.2, 0) is 0 Å². The van der Waals surface area contributed by atoms with Crippen molar-refractivity contribution in [3.8, 4) is 11.5 Å². The van der Waals surface area contributed by atoms with Crippen molar-refractivity contribution in [2.45, 2.75) is 13.0 Å². The van der Waals surface area contributed by atoms with Gasteiger partial charge in [-0.2, -0.15) is 0 Å². The van der Waals surface area contributed by atoms with Crippen LogP contribution in [0, 0.1) is 6.92 Å². The summed E-state index contributed by atoms with van der Waals surface area (Å²) in [5.41, 5.74) is 3.74. The molecule has 4 nitrogen and oxygen atoms in total. The minimum absolute atomic E-state index is 0.139. The molecule has 1 N–H and O–H groups in total. The zero-order chi connectivity index (χ0) is 17.8. The first-order valence-corrected chi connectivity index (χ1v) is 9.36. The SMILES string of the molecule is COc1cc(C(c2ccccc2C)N2CCNCC2)c(OC)cc1Br. The summed E-state index contributed by atoms with van der Waals surface area (Å²) in [5, 5.41) is 3.44. The van der Waals surface area contributed by atoms with Crippen molar-refractivity contribution in [3.05, 3.63) is 57.6 Å². The molecule has 5 heteroatoms. The van der Waals surface area contributed by atoms with Crippen molar-refractivity contribution in [3.63, 3.8) is 0 Å². The normalized spacial score (nSPS) is 16.5. The molecule has 134 valence electrons. The van der Waals surface area contributed by atoms with Gasteiger partial charge in [-0.15, -0.1) is 0 Å². The summed E-state index contributed by atoms with van der Waals surface area (Å²) in [6.45, 7) is 6.17. The molecule has 0 spiro atoms. The minimum Gasteiger partial charge on any atom is -0.496 e. The van der Waals surface area contributed by atoms with Gasteiger partial charge in [0.05, 0.1) is 24.7 Å². The van der Waals surface area contributed by atoms with Gasteiger partial charge in [0.1, 0.15) is 11.5 Å². The van der Waals surface area contributed by atoms with E-state index in [1.54, 1.807) is 14.2 Å². The van der Waals surface area contributed by atoms with Crippen LogP contribution in [0.25, 0.3) is 0 Å². The van der Waals surface area contributed by atoms with E-state index in [4.69, 9.17) is 9.47 Å². The Morgan fingerprint density at radius 2 is 1.68 bits per heavy atom. The van der Waals surface area contributed by atoms with Crippen molar-refractivity contribution in [2.75, 3.05) is 40.4 Å². The molecule has 0 aliphatic carbocycles. The van der Waals surface area contributed by atoms with Gasteiger partial charge < -0.3 is 14.8 Å². The molecule has 1 unspecified atom stereocenters. The van der Waals surface area contributed by atoms with Gasteiger partial charge in [-0.1, -0.05) is 24.3 Å². The highest BCUT2D eigenvalue weighted by atomic mass is 79.9. The zero-order valence-corrected chi connectivity index (χ0v) is 16.6. The Kier molecular flexibility index (Phi) is 5.99. The summed E-state index contributed by atoms with van der Waals surface area (Å²) in [4.78, 5) is 2.52. The number of benzene rings is 2. The molecule has 1 aliphatic heterocycles. The molecule has 2 aromatic carbocycles. The predicted molar refractivity (Wildman–Crippen MR) is 105 cm³/mol. The highest BCUT2D eigenvalue weighted by molar-refractivity contribution is 9.10. The van der Waals surface area contributed by atoms with Crippen LogP contribution in [0.2, 0.25) is 0 Å². The van der Waals surface area contributed by atoms with Crippen LogP contribution in [0.3, 0.4) is 0 Å². The third kappa shape index (κ3) is 3.84. The van der Waals surface area contributed by atoms with E-state index in [2.05, 4.69) is 63.4 Å². The summed E-state index contributed by atoms with van der Waals surface area (Å²) in [7, 11) is 3.42. The number of nitrogens with zero attached hydrogens (tertiary/aromatic N) is 1. The Morgan fingerprint density at radius 3 is 2.32 bits per heavy atom. The summed E-state index contributed by atoms with van der Waals surface area (Å²) >= 11 is 3.57. The molecule has 0 amide bonds. The summed E-state index contributed by atoms with van der Waals surface area (Å²) in [5.74, 6) is 1.70. The van der Waals surface area contributed by atoms with Crippen molar-refractivity contribution >= 4 is 15.9 Å². The topological polar surface area (TPSA) is 33.7 Å². The predicted octanol–water partition coefficient (Wildman–Crippen LogP) is 3.77. The van der Waals surface area contributed by atoms with Crippen LogP contribution in [0.4, 0.5) is 0 Å². The quantitative estimate of drug-likeness (QED) is 0.821. The second kappa shape index (κ2) is 8.21. The van der Waals surface area contributed by atoms with Crippen LogP contribution >= 0.6 is 15.9 Å². The smallest absolute Gasteiger partial charge is 0.133 e. The average molecular weight is 405 g/mol. The summed E-state index contributed by atoms with van der Waals surface area (Å²) in [6.07, 6.45) is 0. The number of hydrogen-bond donors (Lipinski definition) is 1. The van der Waals surface area contributed by atoms with Crippen molar-refractivity contribution < 1.29 is 9.47 Å². The molecular weight excluding hydrogens is 380 g/mol. The number of piperazine rings is 1. The number of halogens is 1. The molecule has 1 atom stereocenters. The molecule has 1 aliphatic rings. The number of methoxy groups -OCH3 is 2. The molecule has 1 saturated heterocycles. The van der Waals surface area contributed by atoms with E-state index in [1.807, 2.05) is 6.07 Å². The largest absolute Gasteiger partial charge is 0.496 e. The average Bonchev–Trinajstić information content (AvgIpc) is 2.65. The monoisotopic (exact) mass is 404 g/mol. The van der Waals surface area contributed by atoms with E-state index in [0.717, 1.165) is 47.7 Å². The molecule has 1 fully saturated rings. The molecule has 0 aromatic heterocycles. The maximum atomic E-state index is 5.73. The molecule has 25 heavy (non-hydrogen) atoms. The lowest BCUT2D eigenvalue weighted by molar-refractivity contribution is 0.194. The first kappa shape index (κ1) is 18.2. The number of rotatable bonds is 5. The van der Waals surface area contributed by atoms with E-state index < -0.39 is 0 Å². The van der Waals surface area contributed by atoms with Gasteiger partial charge in [-0.3, -0.25) is 4.90 Å². The Morgan fingerprint density at radius 1 is 1.00 bits per heavy atom. The third-order valence-corrected chi connectivity index (χ3v) is 5.42. The van der Waals surface area contributed by atoms with Crippen LogP contribution < -0.4 is 14.8 Å². The number of hydrogen-bond acceptors (Lipinski definition) is 4. The standard InChI is InChI=1S/C20H25BrN2O2/c1-14-6-4-5-7-15(14)20(23-10-8-22-9-11-23)16-12-19(25-3)17(21)13-18(16)24-2/h4-7,12-13,20,22H,8-11H2,1-3H3. The van der Waals surface area contributed by atoms with Crippen LogP contribution in [0.15, 0.2) is 40.9 Å². The highest BCUT2D eigenvalue weighted by Crippen LogP contribution is 2.41. The fourth-order valence-electron chi connectivity index (χ4n) is 3.49. The van der Waals surface area contributed by atoms with E-state index >= 15 is 0 Å². The minimum atomic E-state index is 0.139. The van der Waals surface area contributed by atoms with Crippen LogP contribution in [0.1, 0.15) is 22.7 Å². The third-order valence-electron chi connectivity index (χ3n) is 4.80. The Labute approximate surface area is 158 Å². The second-order valence-electron chi connectivity index (χ2n) is 6.27. The van der Waals surface area contributed by atoms with E-state index in [-0.39, 0.29) is 6.04 Å². The Bertz CT molecular complexity index is 730. The first-order chi connectivity index (χ1) is 12.2. The van der Waals surface area contributed by atoms with E-state index in [9.17, 15) is 0 Å². The fourth-order valence-corrected chi connectivity index (χ4v) is 3.98. The number of aryl methyl sites for hydroxylation is 1. The number of nitrogens with one attached hydrogen (secondary N) is 1. The Hall–Kier alpha value is -1.56. The molecular formula is C20H25BrN2O2. The molecule has 0 bridgehead atoms. The summed E-state index contributed by atoms with van der Waals surface area (Å²) < 4.78 is 12.2. The molecule has 0 radical (unpaired) electrons. The van der Waals surface area contributed by atoms with Crippen LogP contribution in [-0.4, -0.2) is 45.3 Å². The molecule has 0 saturated carbocycles. The Balaban J connectivity index is 2.16. The maximum Gasteiger partial charge on any atom is 0.133 e. The van der Waals surface area contributed by atoms with Gasteiger partial charge >= 0.3 is 0 Å². The highest BCUT2D eigenvalue weighted by Gasteiger charge is 2.28. The van der Waals surface area contributed by atoms with Crippen molar-refractivity contribution in [2.24, 2.45) is 0 Å². The van der Waals surface area contributed by atoms with Crippen molar-refractivity contribution in [1.29, 1.82) is 0 Å². The summed E-state index contributed by atoms with van der Waals surface area (Å²) in [6, 6.07) is 12.8. The van der Waals surface area contributed by atoms with E-state index in [0.29, 0.717) is 0 Å². The lowest BCUT2D eigenvalue weighted by Crippen LogP contribution is -2.45. The van der Waals surface area contributed by atoms with Gasteiger partial charge in [0, 0.05) is 31.7 Å². The molecule has 2 aromatic rings. The van der Waals surface area contributed by atoms with Gasteiger partial charge in [-0.25, -0.2) is 0 Å². The molecule has 1 heterocycles. The lowest BCUT2D eigenvalue weighted by Gasteiger charge is -2.37. The number of ether oxygens (including phenoxy) is 2. The van der Waals surface area contributed by atoms with Gasteiger partial charge in [-0.05, 0) is 46.1 Å². The van der Waals surface area contributed by atoms with E-state index in [1.165, 1.54) is 11.1 Å². The van der Waals surface area contributed by atoms with Gasteiger partial charge in [0.25, 0.3) is 0 Å². The van der Waals surface area contributed by atoms with Gasteiger partial charge in [0.2, 0.25) is 0 Å². The van der Waals surface area contributed by atoms with Crippen LogP contribution in [0.5, 0.6) is 11.5 Å². The molecule has 3 rings (SSSR count). The van der Waals surface area contributed by atoms with Gasteiger partial charge in [0.15, 0.2) is 0 Å². The second-order valence-corrected chi connectivity index (χ2v) is 7.13.